The van der Waals surface area contributed by atoms with Crippen LogP contribution in [0.15, 0.2) is 40.9 Å². The Hall–Kier alpha value is -1.90. The molecule has 0 aliphatic heterocycles. The van der Waals surface area contributed by atoms with Crippen molar-refractivity contribution < 1.29 is 0 Å². The van der Waals surface area contributed by atoms with Crippen LogP contribution in [0.1, 0.15) is 11.3 Å². The predicted octanol–water partition coefficient (Wildman–Crippen LogP) is 4.98. The Morgan fingerprint density at radius 2 is 1.95 bits per heavy atom. The van der Waals surface area contributed by atoms with Gasteiger partial charge in [-0.2, -0.15) is 9.64 Å². The van der Waals surface area contributed by atoms with E-state index < -0.39 is 0 Å². The summed E-state index contributed by atoms with van der Waals surface area (Å²) in [6, 6.07) is 14.3. The molecule has 3 rings (SSSR count). The van der Waals surface area contributed by atoms with Crippen molar-refractivity contribution in [2.45, 2.75) is 6.92 Å². The van der Waals surface area contributed by atoms with E-state index >= 15 is 0 Å². The molecule has 98 valence electrons. The van der Waals surface area contributed by atoms with Crippen molar-refractivity contribution in [1.29, 1.82) is 5.26 Å². The van der Waals surface area contributed by atoms with Gasteiger partial charge in [-0.15, -0.1) is 0 Å². The minimum Gasteiger partial charge on any atom is -0.344 e. The van der Waals surface area contributed by atoms with Crippen LogP contribution in [0.5, 0.6) is 0 Å². The fourth-order valence-electron chi connectivity index (χ4n) is 2.08. The molecule has 0 unspecified atom stereocenters. The third kappa shape index (κ3) is 2.17. The number of aromatic nitrogens is 1. The highest BCUT2D eigenvalue weighted by atomic mass is 79.9. The molecule has 0 saturated carbocycles. The van der Waals surface area contributed by atoms with Crippen LogP contribution < -0.4 is 5.32 Å². The number of nitrogens with one attached hydrogen (secondary N) is 1. The van der Waals surface area contributed by atoms with Gasteiger partial charge in [-0.1, -0.05) is 40.2 Å². The second-order valence-corrected chi connectivity index (χ2v) is 5.98. The number of hydrogen-bond donors (Lipinski definition) is 1. The van der Waals surface area contributed by atoms with E-state index in [-0.39, 0.29) is 0 Å². The Balaban J connectivity index is 2.12. The van der Waals surface area contributed by atoms with Crippen LogP contribution in [0.25, 0.3) is 10.8 Å². The second kappa shape index (κ2) is 5.23. The maximum Gasteiger partial charge on any atom is 0.132 e. The highest BCUT2D eigenvalue weighted by Gasteiger charge is 2.12. The summed E-state index contributed by atoms with van der Waals surface area (Å²) in [4.78, 5) is 0. The van der Waals surface area contributed by atoms with E-state index in [1.807, 2.05) is 31.2 Å². The number of anilines is 2. The highest BCUT2D eigenvalue weighted by molar-refractivity contribution is 9.10. The number of benzene rings is 2. The topological polar surface area (TPSA) is 48.7 Å². The molecule has 5 heteroatoms. The molecule has 20 heavy (non-hydrogen) atoms. The second-order valence-electron chi connectivity index (χ2n) is 4.35. The molecule has 0 atom stereocenters. The Kier molecular flexibility index (Phi) is 3.43. The van der Waals surface area contributed by atoms with Gasteiger partial charge in [0.05, 0.1) is 5.69 Å². The first-order valence-corrected chi connectivity index (χ1v) is 7.58. The molecular weight excluding hydrogens is 334 g/mol. The van der Waals surface area contributed by atoms with Crippen molar-refractivity contribution in [1.82, 2.24) is 4.37 Å². The number of hydrogen-bond acceptors (Lipinski definition) is 4. The quantitative estimate of drug-likeness (QED) is 0.713. The molecule has 0 amide bonds. The third-order valence-electron chi connectivity index (χ3n) is 3.09. The summed E-state index contributed by atoms with van der Waals surface area (Å²) in [5, 5.41) is 15.6. The van der Waals surface area contributed by atoms with E-state index in [9.17, 15) is 5.26 Å². The van der Waals surface area contributed by atoms with E-state index in [0.29, 0.717) is 5.56 Å². The van der Waals surface area contributed by atoms with Gasteiger partial charge in [-0.3, -0.25) is 0 Å². The first-order chi connectivity index (χ1) is 9.70. The number of halogens is 1. The van der Waals surface area contributed by atoms with Crippen LogP contribution >= 0.6 is 27.5 Å². The lowest BCUT2D eigenvalue weighted by atomic mass is 10.1. The van der Waals surface area contributed by atoms with Crippen LogP contribution in [0.4, 0.5) is 10.7 Å². The van der Waals surface area contributed by atoms with Crippen molar-refractivity contribution >= 4 is 48.9 Å². The largest absolute Gasteiger partial charge is 0.344 e. The van der Waals surface area contributed by atoms with Gasteiger partial charge in [-0.05, 0) is 36.0 Å². The summed E-state index contributed by atoms with van der Waals surface area (Å²) in [7, 11) is 0. The average Bonchev–Trinajstić information content (AvgIpc) is 2.82. The fourth-order valence-corrected chi connectivity index (χ4v) is 3.32. The molecule has 2 aromatic carbocycles. The summed E-state index contributed by atoms with van der Waals surface area (Å²) in [5.74, 6) is 0. The van der Waals surface area contributed by atoms with Crippen LogP contribution in [0.2, 0.25) is 0 Å². The van der Waals surface area contributed by atoms with Crippen molar-refractivity contribution in [2.24, 2.45) is 0 Å². The van der Waals surface area contributed by atoms with Crippen molar-refractivity contribution in [2.75, 3.05) is 5.32 Å². The van der Waals surface area contributed by atoms with Crippen molar-refractivity contribution in [3.8, 4) is 6.07 Å². The number of nitrogens with zero attached hydrogens (tertiary/aromatic N) is 2. The Morgan fingerprint density at radius 1 is 1.20 bits per heavy atom. The minimum absolute atomic E-state index is 0.613. The first-order valence-electron chi connectivity index (χ1n) is 6.01. The number of rotatable bonds is 2. The van der Waals surface area contributed by atoms with Gasteiger partial charge in [0.25, 0.3) is 0 Å². The van der Waals surface area contributed by atoms with Crippen molar-refractivity contribution in [3.05, 3.63) is 52.1 Å². The molecule has 1 N–H and O–H groups in total. The Bertz CT molecular complexity index is 833. The lowest BCUT2D eigenvalue weighted by molar-refractivity contribution is 1.31. The number of nitriles is 1. The van der Waals surface area contributed by atoms with Crippen LogP contribution in [0, 0.1) is 18.3 Å². The molecule has 0 bridgehead atoms. The van der Waals surface area contributed by atoms with Gasteiger partial charge in [0, 0.05) is 15.5 Å². The molecule has 1 heterocycles. The zero-order valence-electron chi connectivity index (χ0n) is 10.6. The molecule has 0 fully saturated rings. The first kappa shape index (κ1) is 13.1. The van der Waals surface area contributed by atoms with Crippen LogP contribution in [-0.2, 0) is 0 Å². The van der Waals surface area contributed by atoms with Gasteiger partial charge in [0.1, 0.15) is 16.6 Å². The molecule has 1 aromatic heterocycles. The van der Waals surface area contributed by atoms with E-state index in [1.54, 1.807) is 0 Å². The molecule has 0 aliphatic rings. The predicted molar refractivity (Wildman–Crippen MR) is 86.5 cm³/mol. The van der Waals surface area contributed by atoms with Gasteiger partial charge < -0.3 is 5.32 Å². The van der Waals surface area contributed by atoms with Crippen molar-refractivity contribution in [3.63, 3.8) is 0 Å². The third-order valence-corrected chi connectivity index (χ3v) is 4.64. The summed E-state index contributed by atoms with van der Waals surface area (Å²) in [6.45, 7) is 1.85. The van der Waals surface area contributed by atoms with Gasteiger partial charge in [0.2, 0.25) is 0 Å². The molecule has 0 spiro atoms. The molecular formula is C15H10BrN3S. The minimum atomic E-state index is 0.613. The summed E-state index contributed by atoms with van der Waals surface area (Å²) < 4.78 is 5.28. The van der Waals surface area contributed by atoms with Gasteiger partial charge >= 0.3 is 0 Å². The normalized spacial score (nSPS) is 10.4. The summed E-state index contributed by atoms with van der Waals surface area (Å²) in [5.41, 5.74) is 2.35. The van der Waals surface area contributed by atoms with Gasteiger partial charge in [-0.25, -0.2) is 0 Å². The maximum atomic E-state index is 9.19. The number of fused-ring (bicyclic) bond motifs is 1. The van der Waals surface area contributed by atoms with Crippen LogP contribution in [0.3, 0.4) is 0 Å². The summed E-state index contributed by atoms with van der Waals surface area (Å²) >= 11 is 4.87. The molecule has 3 aromatic rings. The fraction of sp³-hybridized carbons (Fsp3) is 0.0667. The standard InChI is InChI=1S/C15H10BrN3S/c1-9-12(8-17)15(20-19-9)18-14-7-6-13(16)10-4-2-3-5-11(10)14/h2-7,18H,1H3. The average molecular weight is 344 g/mol. The SMILES string of the molecule is Cc1nsc(Nc2ccc(Br)c3ccccc23)c1C#N. The molecule has 0 radical (unpaired) electrons. The molecule has 0 aliphatic carbocycles. The lowest BCUT2D eigenvalue weighted by Gasteiger charge is -2.09. The summed E-state index contributed by atoms with van der Waals surface area (Å²) in [6.07, 6.45) is 0. The zero-order valence-corrected chi connectivity index (χ0v) is 13.0. The zero-order chi connectivity index (χ0) is 14.1. The number of aryl methyl sites for hydroxylation is 1. The van der Waals surface area contributed by atoms with E-state index in [0.717, 1.165) is 31.6 Å². The molecule has 3 nitrogen and oxygen atoms in total. The smallest absolute Gasteiger partial charge is 0.132 e. The molecule has 0 saturated heterocycles. The highest BCUT2D eigenvalue weighted by Crippen LogP contribution is 2.34. The Labute approximate surface area is 129 Å². The van der Waals surface area contributed by atoms with E-state index in [4.69, 9.17) is 0 Å². The van der Waals surface area contributed by atoms with E-state index in [2.05, 4.69) is 43.8 Å². The Morgan fingerprint density at radius 3 is 2.70 bits per heavy atom. The van der Waals surface area contributed by atoms with E-state index in [1.165, 1.54) is 11.5 Å². The maximum absolute atomic E-state index is 9.19. The monoisotopic (exact) mass is 343 g/mol. The van der Waals surface area contributed by atoms with Crippen LogP contribution in [-0.4, -0.2) is 4.37 Å². The lowest BCUT2D eigenvalue weighted by Crippen LogP contribution is -1.92. The van der Waals surface area contributed by atoms with Gasteiger partial charge in [0.15, 0.2) is 0 Å².